The van der Waals surface area contributed by atoms with Crippen LogP contribution in [0.4, 0.5) is 17.3 Å². The van der Waals surface area contributed by atoms with Crippen LogP contribution < -0.4 is 16.0 Å². The van der Waals surface area contributed by atoms with Gasteiger partial charge in [0.2, 0.25) is 5.95 Å². The predicted octanol–water partition coefficient (Wildman–Crippen LogP) is 2.86. The topological polar surface area (TPSA) is 84.1 Å². The fraction of sp³-hybridized carbons (Fsp3) is 0.389. The highest BCUT2D eigenvalue weighted by molar-refractivity contribution is 6.05. The normalized spacial score (nSPS) is 17.1. The molecule has 0 bridgehead atoms. The minimum absolute atomic E-state index is 0.258. The first-order valence-corrected chi connectivity index (χ1v) is 8.31. The number of nitrogen functional groups attached to an aromatic ring is 1. The van der Waals surface area contributed by atoms with Gasteiger partial charge in [-0.25, -0.2) is 9.97 Å². The molecule has 1 saturated heterocycles. The number of rotatable bonds is 4. The molecule has 6 nitrogen and oxygen atoms in total. The van der Waals surface area contributed by atoms with Gasteiger partial charge in [-0.15, -0.1) is 0 Å². The molecule has 1 aromatic heterocycles. The standard InChI is InChI=1S/C18H23N5O/c1-3-13-6-7-23(11-13)18-20-9-14(10-21-18)17(24)22-16-8-12(2)4-5-15(16)19/h4-5,8-10,13H,3,6-7,11,19H2,1-2H3,(H,22,24). The molecule has 0 spiro atoms. The van der Waals surface area contributed by atoms with E-state index in [1.807, 2.05) is 19.1 Å². The Morgan fingerprint density at radius 2 is 2.12 bits per heavy atom. The molecule has 6 heteroatoms. The van der Waals surface area contributed by atoms with Crippen LogP contribution in [0.2, 0.25) is 0 Å². The number of carbonyl (C=O) groups excluding carboxylic acids is 1. The van der Waals surface area contributed by atoms with E-state index in [1.54, 1.807) is 18.5 Å². The molecule has 1 fully saturated rings. The van der Waals surface area contributed by atoms with Gasteiger partial charge < -0.3 is 16.0 Å². The first-order chi connectivity index (χ1) is 11.6. The third-order valence-corrected chi connectivity index (χ3v) is 4.50. The maximum Gasteiger partial charge on any atom is 0.258 e. The highest BCUT2D eigenvalue weighted by Crippen LogP contribution is 2.23. The fourth-order valence-electron chi connectivity index (χ4n) is 2.92. The molecular formula is C18H23N5O. The molecule has 3 N–H and O–H groups in total. The van der Waals surface area contributed by atoms with Crippen molar-refractivity contribution in [3.8, 4) is 0 Å². The molecule has 0 aliphatic carbocycles. The van der Waals surface area contributed by atoms with Crippen LogP contribution in [0.3, 0.4) is 0 Å². The first kappa shape index (κ1) is 16.2. The van der Waals surface area contributed by atoms with E-state index in [2.05, 4.69) is 27.1 Å². The maximum absolute atomic E-state index is 12.3. The van der Waals surface area contributed by atoms with E-state index in [-0.39, 0.29) is 5.91 Å². The van der Waals surface area contributed by atoms with E-state index in [9.17, 15) is 4.79 Å². The third-order valence-electron chi connectivity index (χ3n) is 4.50. The Morgan fingerprint density at radius 1 is 1.38 bits per heavy atom. The number of aromatic nitrogens is 2. The van der Waals surface area contributed by atoms with Crippen molar-refractivity contribution in [2.24, 2.45) is 5.92 Å². The molecule has 0 saturated carbocycles. The molecule has 1 unspecified atom stereocenters. The number of hydrogen-bond acceptors (Lipinski definition) is 5. The van der Waals surface area contributed by atoms with Crippen LogP contribution in [0.1, 0.15) is 35.7 Å². The molecule has 1 aliphatic heterocycles. The SMILES string of the molecule is CCC1CCN(c2ncc(C(=O)Nc3cc(C)ccc3N)cn2)C1. The van der Waals surface area contributed by atoms with Crippen LogP contribution >= 0.6 is 0 Å². The summed E-state index contributed by atoms with van der Waals surface area (Å²) in [5.74, 6) is 1.14. The Bertz CT molecular complexity index is 729. The molecule has 1 aliphatic rings. The lowest BCUT2D eigenvalue weighted by Gasteiger charge is -2.16. The summed E-state index contributed by atoms with van der Waals surface area (Å²) in [7, 11) is 0. The summed E-state index contributed by atoms with van der Waals surface area (Å²) in [4.78, 5) is 23.2. The lowest BCUT2D eigenvalue weighted by Crippen LogP contribution is -2.22. The van der Waals surface area contributed by atoms with Gasteiger partial charge in [0.1, 0.15) is 0 Å². The van der Waals surface area contributed by atoms with Gasteiger partial charge in [0, 0.05) is 25.5 Å². The van der Waals surface area contributed by atoms with Crippen LogP contribution in [0, 0.1) is 12.8 Å². The van der Waals surface area contributed by atoms with Gasteiger partial charge in [-0.2, -0.15) is 0 Å². The smallest absolute Gasteiger partial charge is 0.258 e. The summed E-state index contributed by atoms with van der Waals surface area (Å²) in [6, 6.07) is 5.53. The highest BCUT2D eigenvalue weighted by atomic mass is 16.1. The number of nitrogens with two attached hydrogens (primary N) is 1. The zero-order chi connectivity index (χ0) is 17.1. The number of aryl methyl sites for hydroxylation is 1. The third kappa shape index (κ3) is 3.48. The van der Waals surface area contributed by atoms with Crippen LogP contribution in [0.5, 0.6) is 0 Å². The zero-order valence-corrected chi connectivity index (χ0v) is 14.1. The van der Waals surface area contributed by atoms with Crippen LogP contribution in [-0.4, -0.2) is 29.0 Å². The van der Waals surface area contributed by atoms with Crippen molar-refractivity contribution in [3.63, 3.8) is 0 Å². The van der Waals surface area contributed by atoms with Crippen molar-refractivity contribution >= 4 is 23.2 Å². The molecule has 24 heavy (non-hydrogen) atoms. The number of nitrogens with zero attached hydrogens (tertiary/aromatic N) is 3. The molecule has 1 atom stereocenters. The Balaban J connectivity index is 1.69. The van der Waals surface area contributed by atoms with E-state index in [0.29, 0.717) is 28.8 Å². The predicted molar refractivity (Wildman–Crippen MR) is 96.2 cm³/mol. The summed E-state index contributed by atoms with van der Waals surface area (Å²) >= 11 is 0. The van der Waals surface area contributed by atoms with Crippen molar-refractivity contribution in [1.29, 1.82) is 0 Å². The number of benzene rings is 1. The summed E-state index contributed by atoms with van der Waals surface area (Å²) < 4.78 is 0. The van der Waals surface area contributed by atoms with E-state index >= 15 is 0 Å². The van der Waals surface area contributed by atoms with Crippen LogP contribution in [0.15, 0.2) is 30.6 Å². The molecule has 2 aromatic rings. The maximum atomic E-state index is 12.3. The Labute approximate surface area is 142 Å². The van der Waals surface area contributed by atoms with Gasteiger partial charge in [0.05, 0.1) is 16.9 Å². The highest BCUT2D eigenvalue weighted by Gasteiger charge is 2.23. The van der Waals surface area contributed by atoms with E-state index in [1.165, 1.54) is 12.8 Å². The average Bonchev–Trinajstić information content (AvgIpc) is 3.07. The molecule has 1 aromatic carbocycles. The summed E-state index contributed by atoms with van der Waals surface area (Å²) in [6.45, 7) is 6.12. The summed E-state index contributed by atoms with van der Waals surface area (Å²) in [5.41, 5.74) is 8.49. The molecular weight excluding hydrogens is 302 g/mol. The molecule has 126 valence electrons. The average molecular weight is 325 g/mol. The minimum Gasteiger partial charge on any atom is -0.397 e. The van der Waals surface area contributed by atoms with E-state index in [4.69, 9.17) is 5.73 Å². The Hall–Kier alpha value is -2.63. The molecule has 3 rings (SSSR count). The molecule has 2 heterocycles. The van der Waals surface area contributed by atoms with Crippen LogP contribution in [0.25, 0.3) is 0 Å². The second kappa shape index (κ2) is 6.86. The van der Waals surface area contributed by atoms with Gasteiger partial charge >= 0.3 is 0 Å². The van der Waals surface area contributed by atoms with Gasteiger partial charge in [0.15, 0.2) is 0 Å². The monoisotopic (exact) mass is 325 g/mol. The second-order valence-electron chi connectivity index (χ2n) is 6.33. The van der Waals surface area contributed by atoms with Crippen LogP contribution in [-0.2, 0) is 0 Å². The quantitative estimate of drug-likeness (QED) is 0.845. The van der Waals surface area contributed by atoms with E-state index < -0.39 is 0 Å². The van der Waals surface area contributed by atoms with Gasteiger partial charge in [0.25, 0.3) is 5.91 Å². The Kier molecular flexibility index (Phi) is 4.64. The molecule has 1 amide bonds. The van der Waals surface area contributed by atoms with Crippen molar-refractivity contribution in [3.05, 3.63) is 41.7 Å². The van der Waals surface area contributed by atoms with Gasteiger partial charge in [-0.3, -0.25) is 4.79 Å². The zero-order valence-electron chi connectivity index (χ0n) is 14.1. The van der Waals surface area contributed by atoms with Crippen molar-refractivity contribution in [2.75, 3.05) is 29.0 Å². The number of carbonyl (C=O) groups is 1. The summed E-state index contributed by atoms with van der Waals surface area (Å²) in [6.07, 6.45) is 5.50. The van der Waals surface area contributed by atoms with Gasteiger partial charge in [-0.1, -0.05) is 19.4 Å². The molecule has 0 radical (unpaired) electrons. The fourth-order valence-corrected chi connectivity index (χ4v) is 2.92. The number of amides is 1. The summed E-state index contributed by atoms with van der Waals surface area (Å²) in [5, 5.41) is 2.81. The second-order valence-corrected chi connectivity index (χ2v) is 6.33. The van der Waals surface area contributed by atoms with Crippen molar-refractivity contribution in [1.82, 2.24) is 9.97 Å². The van der Waals surface area contributed by atoms with Crippen molar-refractivity contribution < 1.29 is 4.79 Å². The Morgan fingerprint density at radius 3 is 2.79 bits per heavy atom. The van der Waals surface area contributed by atoms with Gasteiger partial charge in [-0.05, 0) is 37.0 Å². The number of anilines is 3. The minimum atomic E-state index is -0.258. The first-order valence-electron chi connectivity index (χ1n) is 8.31. The van der Waals surface area contributed by atoms with Crippen molar-refractivity contribution in [2.45, 2.75) is 26.7 Å². The van der Waals surface area contributed by atoms with E-state index in [0.717, 1.165) is 18.7 Å². The number of hydrogen-bond donors (Lipinski definition) is 2. The lowest BCUT2D eigenvalue weighted by molar-refractivity contribution is 0.102. The lowest BCUT2D eigenvalue weighted by atomic mass is 10.1. The largest absolute Gasteiger partial charge is 0.397 e. The number of nitrogens with one attached hydrogen (secondary N) is 1.